The van der Waals surface area contributed by atoms with Crippen LogP contribution in [0.15, 0.2) is 32.7 Å². The van der Waals surface area contributed by atoms with E-state index in [-0.39, 0.29) is 23.8 Å². The van der Waals surface area contributed by atoms with Crippen molar-refractivity contribution in [1.82, 2.24) is 18.7 Å². The number of rotatable bonds is 3. The molecular formula is C17H23N5O4S. The molecule has 2 aromatic rings. The predicted octanol–water partition coefficient (Wildman–Crippen LogP) is -0.393. The fourth-order valence-corrected chi connectivity index (χ4v) is 4.55. The van der Waals surface area contributed by atoms with Crippen LogP contribution in [0.25, 0.3) is 0 Å². The molecule has 1 aliphatic rings. The van der Waals surface area contributed by atoms with Crippen molar-refractivity contribution in [2.75, 3.05) is 31.1 Å². The van der Waals surface area contributed by atoms with Gasteiger partial charge in [0.25, 0.3) is 5.56 Å². The molecule has 1 aliphatic heterocycles. The van der Waals surface area contributed by atoms with Crippen molar-refractivity contribution in [2.24, 2.45) is 14.1 Å². The molecule has 27 heavy (non-hydrogen) atoms. The average molecular weight is 393 g/mol. The van der Waals surface area contributed by atoms with Crippen molar-refractivity contribution in [3.63, 3.8) is 0 Å². The number of piperazine rings is 1. The van der Waals surface area contributed by atoms with E-state index in [1.165, 1.54) is 18.4 Å². The highest BCUT2D eigenvalue weighted by Gasteiger charge is 2.30. The van der Waals surface area contributed by atoms with Gasteiger partial charge in [0.15, 0.2) is 0 Å². The summed E-state index contributed by atoms with van der Waals surface area (Å²) in [7, 11) is -0.715. The summed E-state index contributed by atoms with van der Waals surface area (Å²) < 4.78 is 29.3. The quantitative estimate of drug-likeness (QED) is 0.704. The smallest absolute Gasteiger partial charge is 0.346 e. The first-order valence-corrected chi connectivity index (χ1v) is 10.0. The monoisotopic (exact) mass is 393 g/mol. The van der Waals surface area contributed by atoms with E-state index in [0.717, 1.165) is 20.4 Å². The van der Waals surface area contributed by atoms with Crippen molar-refractivity contribution in [3.05, 3.63) is 50.2 Å². The van der Waals surface area contributed by atoms with Gasteiger partial charge in [-0.1, -0.05) is 6.07 Å². The van der Waals surface area contributed by atoms with Gasteiger partial charge in [0.05, 0.1) is 4.90 Å². The molecule has 1 fully saturated rings. The van der Waals surface area contributed by atoms with E-state index < -0.39 is 21.3 Å². The summed E-state index contributed by atoms with van der Waals surface area (Å²) >= 11 is 0. The third-order valence-corrected chi connectivity index (χ3v) is 6.85. The fourth-order valence-electron chi connectivity index (χ4n) is 3.04. The summed E-state index contributed by atoms with van der Waals surface area (Å²) in [4.78, 5) is 26.1. The molecule has 0 atom stereocenters. The minimum Gasteiger partial charge on any atom is -0.348 e. The molecule has 0 amide bonds. The molecular weight excluding hydrogens is 370 g/mol. The predicted molar refractivity (Wildman–Crippen MR) is 102 cm³/mol. The van der Waals surface area contributed by atoms with E-state index in [2.05, 4.69) is 5.10 Å². The number of benzene rings is 1. The highest BCUT2D eigenvalue weighted by molar-refractivity contribution is 7.89. The zero-order valence-corrected chi connectivity index (χ0v) is 16.7. The Kier molecular flexibility index (Phi) is 4.96. The van der Waals surface area contributed by atoms with Crippen LogP contribution in [-0.4, -0.2) is 53.2 Å². The topological polar surface area (TPSA) is 97.5 Å². The Bertz CT molecular complexity index is 1100. The number of hydrogen-bond acceptors (Lipinski definition) is 6. The van der Waals surface area contributed by atoms with Gasteiger partial charge in [-0.05, 0) is 37.1 Å². The van der Waals surface area contributed by atoms with Crippen LogP contribution in [0.3, 0.4) is 0 Å². The van der Waals surface area contributed by atoms with Crippen molar-refractivity contribution in [2.45, 2.75) is 18.7 Å². The highest BCUT2D eigenvalue weighted by atomic mass is 32.2. The Morgan fingerprint density at radius 3 is 2.19 bits per heavy atom. The Morgan fingerprint density at radius 1 is 0.963 bits per heavy atom. The average Bonchev–Trinajstić information content (AvgIpc) is 2.65. The third-order valence-electron chi connectivity index (χ3n) is 4.96. The van der Waals surface area contributed by atoms with Gasteiger partial charge in [0.1, 0.15) is 0 Å². The normalized spacial score (nSPS) is 15.9. The molecule has 10 heteroatoms. The summed E-state index contributed by atoms with van der Waals surface area (Å²) in [6, 6.07) is 5.10. The number of anilines is 1. The van der Waals surface area contributed by atoms with Gasteiger partial charge in [-0.15, -0.1) is 5.10 Å². The second kappa shape index (κ2) is 6.93. The first-order valence-electron chi connectivity index (χ1n) is 8.59. The zero-order chi connectivity index (χ0) is 19.9. The summed E-state index contributed by atoms with van der Waals surface area (Å²) in [5, 5.41) is 4.05. The van der Waals surface area contributed by atoms with Gasteiger partial charge in [-0.2, -0.15) is 4.31 Å². The molecule has 2 heterocycles. The maximum Gasteiger partial charge on any atom is 0.346 e. The Morgan fingerprint density at radius 2 is 1.59 bits per heavy atom. The lowest BCUT2D eigenvalue weighted by Crippen LogP contribution is -2.52. The first-order chi connectivity index (χ1) is 12.6. The van der Waals surface area contributed by atoms with Gasteiger partial charge < -0.3 is 4.90 Å². The molecule has 0 unspecified atom stereocenters. The number of sulfonamides is 1. The van der Waals surface area contributed by atoms with Crippen LogP contribution in [0, 0.1) is 13.8 Å². The Labute approximate surface area is 157 Å². The van der Waals surface area contributed by atoms with E-state index in [9.17, 15) is 18.0 Å². The Hall–Kier alpha value is -2.46. The van der Waals surface area contributed by atoms with Crippen LogP contribution < -0.4 is 16.1 Å². The molecule has 1 aromatic heterocycles. The van der Waals surface area contributed by atoms with Crippen molar-refractivity contribution >= 4 is 15.8 Å². The molecule has 9 nitrogen and oxygen atoms in total. The van der Waals surface area contributed by atoms with E-state index in [1.807, 2.05) is 13.8 Å². The van der Waals surface area contributed by atoms with Crippen LogP contribution in [-0.2, 0) is 24.1 Å². The second-order valence-corrected chi connectivity index (χ2v) is 8.67. The van der Waals surface area contributed by atoms with E-state index in [0.29, 0.717) is 13.1 Å². The SMILES string of the molecule is Cc1ccc(S(=O)(=O)N2CCN(c3nn(C)c(=O)n(C)c3=O)CC2)cc1C. The molecule has 0 aliphatic carbocycles. The van der Waals surface area contributed by atoms with Gasteiger partial charge in [0.2, 0.25) is 15.8 Å². The van der Waals surface area contributed by atoms with Crippen molar-refractivity contribution < 1.29 is 8.42 Å². The largest absolute Gasteiger partial charge is 0.348 e. The lowest BCUT2D eigenvalue weighted by atomic mass is 10.1. The minimum atomic E-state index is -3.59. The minimum absolute atomic E-state index is 0.155. The first kappa shape index (κ1) is 19.3. The maximum atomic E-state index is 12.9. The zero-order valence-electron chi connectivity index (χ0n) is 15.8. The number of aromatic nitrogens is 3. The van der Waals surface area contributed by atoms with Crippen LogP contribution in [0.2, 0.25) is 0 Å². The summed E-state index contributed by atoms with van der Waals surface area (Å²) in [6.07, 6.45) is 0. The van der Waals surface area contributed by atoms with Gasteiger partial charge in [0, 0.05) is 40.3 Å². The molecule has 1 saturated heterocycles. The third kappa shape index (κ3) is 3.42. The molecule has 0 spiro atoms. The molecule has 0 bridgehead atoms. The molecule has 0 saturated carbocycles. The standard InChI is InChI=1S/C17H23N5O4S/c1-12-5-6-14(11-13(12)2)27(25,26)22-9-7-21(8-10-22)15-16(23)19(3)17(24)20(4)18-15/h5-6,11H,7-10H2,1-4H3. The molecule has 146 valence electrons. The molecule has 0 N–H and O–H groups in total. The highest BCUT2D eigenvalue weighted by Crippen LogP contribution is 2.21. The van der Waals surface area contributed by atoms with Gasteiger partial charge >= 0.3 is 5.69 Å². The van der Waals surface area contributed by atoms with Crippen LogP contribution in [0.5, 0.6) is 0 Å². The molecule has 3 rings (SSSR count). The lowest BCUT2D eigenvalue weighted by Gasteiger charge is -2.34. The fraction of sp³-hybridized carbons (Fsp3) is 0.471. The van der Waals surface area contributed by atoms with Gasteiger partial charge in [-0.25, -0.2) is 17.9 Å². The summed E-state index contributed by atoms with van der Waals surface area (Å²) in [6.45, 7) is 4.94. The lowest BCUT2D eigenvalue weighted by molar-refractivity contribution is 0.381. The Balaban J connectivity index is 1.82. The van der Waals surface area contributed by atoms with Crippen LogP contribution in [0.4, 0.5) is 5.82 Å². The van der Waals surface area contributed by atoms with E-state index in [1.54, 1.807) is 23.1 Å². The van der Waals surface area contributed by atoms with Crippen LogP contribution in [0.1, 0.15) is 11.1 Å². The maximum absolute atomic E-state index is 12.9. The molecule has 0 radical (unpaired) electrons. The van der Waals surface area contributed by atoms with Gasteiger partial charge in [-0.3, -0.25) is 9.36 Å². The van der Waals surface area contributed by atoms with Crippen molar-refractivity contribution in [1.29, 1.82) is 0 Å². The number of aryl methyl sites for hydroxylation is 3. The second-order valence-electron chi connectivity index (χ2n) is 6.73. The summed E-state index contributed by atoms with van der Waals surface area (Å²) in [5.41, 5.74) is 0.978. The van der Waals surface area contributed by atoms with E-state index in [4.69, 9.17) is 0 Å². The number of hydrogen-bond donors (Lipinski definition) is 0. The summed E-state index contributed by atoms with van der Waals surface area (Å²) in [5.74, 6) is 0.155. The van der Waals surface area contributed by atoms with Crippen molar-refractivity contribution in [3.8, 4) is 0 Å². The van der Waals surface area contributed by atoms with E-state index >= 15 is 0 Å². The molecule has 1 aromatic carbocycles. The van der Waals surface area contributed by atoms with Crippen LogP contribution >= 0.6 is 0 Å². The number of nitrogens with zero attached hydrogens (tertiary/aromatic N) is 5.